The summed E-state index contributed by atoms with van der Waals surface area (Å²) < 4.78 is 28.2. The van der Waals surface area contributed by atoms with Crippen LogP contribution in [0.4, 0.5) is 5.69 Å². The predicted octanol–water partition coefficient (Wildman–Crippen LogP) is 3.97. The molecular formula is C19H24N2O3S2. The molecule has 7 heteroatoms. The van der Waals surface area contributed by atoms with Crippen LogP contribution in [0.1, 0.15) is 37.9 Å². The van der Waals surface area contributed by atoms with Gasteiger partial charge in [-0.3, -0.25) is 4.79 Å². The molecule has 2 aromatic carbocycles. The molecule has 2 rings (SSSR count). The van der Waals surface area contributed by atoms with Crippen molar-refractivity contribution in [2.75, 3.05) is 11.6 Å². The highest BCUT2D eigenvalue weighted by Gasteiger charge is 2.20. The highest BCUT2D eigenvalue weighted by molar-refractivity contribution is 7.98. The Morgan fingerprint density at radius 3 is 2.35 bits per heavy atom. The van der Waals surface area contributed by atoms with E-state index >= 15 is 0 Å². The quantitative estimate of drug-likeness (QED) is 0.699. The van der Waals surface area contributed by atoms with Gasteiger partial charge in [0.1, 0.15) is 0 Å². The Hall–Kier alpha value is -1.83. The van der Waals surface area contributed by atoms with Crippen LogP contribution in [-0.2, 0) is 21.2 Å². The first kappa shape index (κ1) is 20.5. The minimum Gasteiger partial charge on any atom is -0.325 e. The molecule has 1 amide bonds. The first-order valence-corrected chi connectivity index (χ1v) is 11.0. The third-order valence-electron chi connectivity index (χ3n) is 4.01. The van der Waals surface area contributed by atoms with Crippen LogP contribution < -0.4 is 10.0 Å². The molecule has 5 nitrogen and oxygen atoms in total. The number of benzene rings is 2. The number of aryl methyl sites for hydroxylation is 1. The van der Waals surface area contributed by atoms with Crippen LogP contribution in [0.2, 0.25) is 0 Å². The zero-order valence-corrected chi connectivity index (χ0v) is 17.0. The molecular weight excluding hydrogens is 368 g/mol. The molecule has 0 saturated carbocycles. The number of carbonyl (C=O) groups is 1. The van der Waals surface area contributed by atoms with Crippen molar-refractivity contribution in [3.05, 3.63) is 53.6 Å². The number of sulfonamides is 1. The third kappa shape index (κ3) is 5.09. The van der Waals surface area contributed by atoms with Gasteiger partial charge in [0, 0.05) is 17.9 Å². The van der Waals surface area contributed by atoms with E-state index in [9.17, 15) is 13.2 Å². The topological polar surface area (TPSA) is 75.3 Å². The van der Waals surface area contributed by atoms with Crippen LogP contribution in [0.15, 0.2) is 52.3 Å². The smallest absolute Gasteiger partial charge is 0.241 e. The number of hydrogen-bond donors (Lipinski definition) is 2. The van der Waals surface area contributed by atoms with Crippen LogP contribution in [-0.4, -0.2) is 20.6 Å². The van der Waals surface area contributed by atoms with Crippen molar-refractivity contribution < 1.29 is 13.2 Å². The minimum absolute atomic E-state index is 0.121. The van der Waals surface area contributed by atoms with Gasteiger partial charge in [-0.1, -0.05) is 31.2 Å². The number of carbonyl (C=O) groups excluding carboxylic acids is 1. The third-order valence-corrected chi connectivity index (χ3v) is 6.35. The predicted molar refractivity (Wildman–Crippen MR) is 107 cm³/mol. The van der Waals surface area contributed by atoms with Gasteiger partial charge in [-0.15, -0.1) is 11.8 Å². The zero-order valence-electron chi connectivity index (χ0n) is 15.4. The lowest BCUT2D eigenvalue weighted by molar-refractivity contribution is -0.114. The van der Waals surface area contributed by atoms with E-state index in [1.807, 2.05) is 37.4 Å². The SMILES string of the molecule is CCc1ccc(C(C)NS(=O)(=O)c2ccc(SC)c(NC(C)=O)c2)cc1. The molecule has 140 valence electrons. The largest absolute Gasteiger partial charge is 0.325 e. The molecule has 0 saturated heterocycles. The number of thioether (sulfide) groups is 1. The van der Waals surface area contributed by atoms with Crippen LogP contribution in [0.5, 0.6) is 0 Å². The maximum Gasteiger partial charge on any atom is 0.241 e. The molecule has 0 bridgehead atoms. The van der Waals surface area contributed by atoms with Crippen molar-refractivity contribution in [3.8, 4) is 0 Å². The van der Waals surface area contributed by atoms with E-state index in [2.05, 4.69) is 17.0 Å². The summed E-state index contributed by atoms with van der Waals surface area (Å²) in [4.78, 5) is 12.3. The van der Waals surface area contributed by atoms with Crippen molar-refractivity contribution in [1.29, 1.82) is 0 Å². The summed E-state index contributed by atoms with van der Waals surface area (Å²) in [6.45, 7) is 5.28. The van der Waals surface area contributed by atoms with E-state index in [-0.39, 0.29) is 16.8 Å². The fourth-order valence-electron chi connectivity index (χ4n) is 2.55. The molecule has 2 aromatic rings. The molecule has 0 aliphatic heterocycles. The summed E-state index contributed by atoms with van der Waals surface area (Å²) in [6.07, 6.45) is 2.81. The van der Waals surface area contributed by atoms with Gasteiger partial charge >= 0.3 is 0 Å². The Balaban J connectivity index is 2.26. The summed E-state index contributed by atoms with van der Waals surface area (Å²) in [5.41, 5.74) is 2.60. The van der Waals surface area contributed by atoms with Gasteiger partial charge in [0.05, 0.1) is 10.6 Å². The number of hydrogen-bond acceptors (Lipinski definition) is 4. The normalized spacial score (nSPS) is 12.6. The molecule has 1 atom stereocenters. The second-order valence-corrected chi connectivity index (χ2v) is 8.54. The Kier molecular flexibility index (Phi) is 6.86. The molecule has 0 radical (unpaired) electrons. The lowest BCUT2D eigenvalue weighted by Crippen LogP contribution is -2.27. The summed E-state index contributed by atoms with van der Waals surface area (Å²) >= 11 is 1.44. The Bertz CT molecular complexity index is 878. The fourth-order valence-corrected chi connectivity index (χ4v) is 4.34. The van der Waals surface area contributed by atoms with Gasteiger partial charge in [-0.05, 0) is 48.9 Å². The van der Waals surface area contributed by atoms with Gasteiger partial charge in [-0.25, -0.2) is 13.1 Å². The Labute approximate surface area is 159 Å². The van der Waals surface area contributed by atoms with Crippen molar-refractivity contribution in [3.63, 3.8) is 0 Å². The molecule has 0 aromatic heterocycles. The average molecular weight is 393 g/mol. The van der Waals surface area contributed by atoms with E-state index in [1.165, 1.54) is 30.3 Å². The standard InChI is InChI=1S/C19H24N2O3S2/c1-5-15-6-8-16(9-7-15)13(2)21-26(23,24)17-10-11-19(25-4)18(12-17)20-14(3)22/h6-13,21H,5H2,1-4H3,(H,20,22). The molecule has 0 aliphatic carbocycles. The summed E-state index contributed by atoms with van der Waals surface area (Å²) in [7, 11) is -3.72. The van der Waals surface area contributed by atoms with Crippen LogP contribution in [0.25, 0.3) is 0 Å². The maximum atomic E-state index is 12.7. The monoisotopic (exact) mass is 392 g/mol. The number of nitrogens with one attached hydrogen (secondary N) is 2. The second kappa shape index (κ2) is 8.70. The second-order valence-electron chi connectivity index (χ2n) is 5.98. The van der Waals surface area contributed by atoms with E-state index in [1.54, 1.807) is 12.1 Å². The van der Waals surface area contributed by atoms with Crippen molar-refractivity contribution in [2.24, 2.45) is 0 Å². The Morgan fingerprint density at radius 2 is 1.81 bits per heavy atom. The summed E-state index contributed by atoms with van der Waals surface area (Å²) in [6, 6.07) is 12.2. The lowest BCUT2D eigenvalue weighted by Gasteiger charge is -2.16. The van der Waals surface area contributed by atoms with E-state index in [4.69, 9.17) is 0 Å². The first-order valence-electron chi connectivity index (χ1n) is 8.33. The van der Waals surface area contributed by atoms with Gasteiger partial charge in [0.2, 0.25) is 15.9 Å². The number of rotatable bonds is 7. The molecule has 1 unspecified atom stereocenters. The van der Waals surface area contributed by atoms with E-state index in [0.717, 1.165) is 16.9 Å². The van der Waals surface area contributed by atoms with Crippen molar-refractivity contribution in [1.82, 2.24) is 4.72 Å². The maximum absolute atomic E-state index is 12.7. The van der Waals surface area contributed by atoms with Gasteiger partial charge < -0.3 is 5.32 Å². The molecule has 0 spiro atoms. The molecule has 26 heavy (non-hydrogen) atoms. The lowest BCUT2D eigenvalue weighted by atomic mass is 10.1. The highest BCUT2D eigenvalue weighted by Crippen LogP contribution is 2.29. The van der Waals surface area contributed by atoms with Crippen LogP contribution in [0, 0.1) is 0 Å². The van der Waals surface area contributed by atoms with Gasteiger partial charge in [0.15, 0.2) is 0 Å². The summed E-state index contributed by atoms with van der Waals surface area (Å²) in [5.74, 6) is -0.243. The van der Waals surface area contributed by atoms with Crippen molar-refractivity contribution in [2.45, 2.75) is 43.0 Å². The number of anilines is 1. The van der Waals surface area contributed by atoms with Gasteiger partial charge in [-0.2, -0.15) is 0 Å². The van der Waals surface area contributed by atoms with Crippen LogP contribution >= 0.6 is 11.8 Å². The zero-order chi connectivity index (χ0) is 19.3. The number of amides is 1. The van der Waals surface area contributed by atoms with E-state index < -0.39 is 10.0 Å². The van der Waals surface area contributed by atoms with Crippen LogP contribution in [0.3, 0.4) is 0 Å². The first-order chi connectivity index (χ1) is 12.3. The average Bonchev–Trinajstić information content (AvgIpc) is 2.60. The minimum atomic E-state index is -3.72. The Morgan fingerprint density at radius 1 is 1.15 bits per heavy atom. The van der Waals surface area contributed by atoms with Crippen molar-refractivity contribution >= 4 is 33.4 Å². The molecule has 2 N–H and O–H groups in total. The molecule has 0 heterocycles. The highest BCUT2D eigenvalue weighted by atomic mass is 32.2. The van der Waals surface area contributed by atoms with E-state index in [0.29, 0.717) is 5.69 Å². The molecule has 0 fully saturated rings. The fraction of sp³-hybridized carbons (Fsp3) is 0.316. The molecule has 0 aliphatic rings. The van der Waals surface area contributed by atoms with Gasteiger partial charge in [0.25, 0.3) is 0 Å². The summed E-state index contributed by atoms with van der Waals surface area (Å²) in [5, 5.41) is 2.68.